The molecular formula is C12H20O3. The van der Waals surface area contributed by atoms with Crippen molar-refractivity contribution in [2.75, 3.05) is 13.2 Å². The van der Waals surface area contributed by atoms with Crippen molar-refractivity contribution >= 4 is 5.78 Å². The molecule has 3 heteroatoms. The molecule has 2 saturated carbocycles. The largest absolute Gasteiger partial charge is 0.396 e. The average molecular weight is 212 g/mol. The number of ketones is 1. The van der Waals surface area contributed by atoms with Gasteiger partial charge in [0.1, 0.15) is 5.78 Å². The van der Waals surface area contributed by atoms with E-state index in [1.54, 1.807) is 0 Å². The molecule has 0 aromatic heterocycles. The molecular weight excluding hydrogens is 192 g/mol. The van der Waals surface area contributed by atoms with Crippen molar-refractivity contribution in [2.45, 2.75) is 38.5 Å². The molecule has 0 aliphatic heterocycles. The van der Waals surface area contributed by atoms with Gasteiger partial charge >= 0.3 is 0 Å². The minimum absolute atomic E-state index is 0.00486. The van der Waals surface area contributed by atoms with Crippen molar-refractivity contribution in [1.29, 1.82) is 0 Å². The molecule has 2 unspecified atom stereocenters. The number of carbonyl (C=O) groups excluding carboxylic acids is 1. The van der Waals surface area contributed by atoms with Crippen LogP contribution in [0.2, 0.25) is 0 Å². The molecule has 15 heavy (non-hydrogen) atoms. The normalized spacial score (nSPS) is 34.1. The van der Waals surface area contributed by atoms with Crippen molar-refractivity contribution in [1.82, 2.24) is 0 Å². The molecule has 2 aliphatic rings. The molecule has 0 amide bonds. The first kappa shape index (κ1) is 11.1. The van der Waals surface area contributed by atoms with Crippen molar-refractivity contribution < 1.29 is 15.0 Å². The summed E-state index contributed by atoms with van der Waals surface area (Å²) in [5, 5.41) is 18.3. The summed E-state index contributed by atoms with van der Waals surface area (Å²) in [6.45, 7) is 0.221. The number of hydrogen-bond acceptors (Lipinski definition) is 3. The van der Waals surface area contributed by atoms with Crippen LogP contribution < -0.4 is 0 Å². The minimum atomic E-state index is -0.214. The highest BCUT2D eigenvalue weighted by Crippen LogP contribution is 2.54. The maximum absolute atomic E-state index is 12.3. The Hall–Kier alpha value is -0.410. The van der Waals surface area contributed by atoms with Crippen LogP contribution in [0, 0.1) is 17.3 Å². The van der Waals surface area contributed by atoms with E-state index in [1.807, 2.05) is 0 Å². The second kappa shape index (κ2) is 4.22. The maximum atomic E-state index is 12.3. The van der Waals surface area contributed by atoms with E-state index in [4.69, 9.17) is 5.11 Å². The van der Waals surface area contributed by atoms with Crippen molar-refractivity contribution in [3.05, 3.63) is 0 Å². The molecule has 0 radical (unpaired) electrons. The van der Waals surface area contributed by atoms with Gasteiger partial charge in [-0.05, 0) is 31.6 Å². The third-order valence-corrected chi connectivity index (χ3v) is 4.41. The van der Waals surface area contributed by atoms with Crippen molar-refractivity contribution in [3.8, 4) is 0 Å². The zero-order valence-electron chi connectivity index (χ0n) is 9.11. The molecule has 0 bridgehead atoms. The zero-order valence-corrected chi connectivity index (χ0v) is 9.11. The third kappa shape index (κ3) is 1.62. The van der Waals surface area contributed by atoms with Crippen molar-refractivity contribution in [3.63, 3.8) is 0 Å². The Balaban J connectivity index is 2.17. The lowest BCUT2D eigenvalue weighted by molar-refractivity contribution is -0.130. The molecule has 2 aliphatic carbocycles. The summed E-state index contributed by atoms with van der Waals surface area (Å²) < 4.78 is 0. The molecule has 0 aromatic carbocycles. The van der Waals surface area contributed by atoms with Gasteiger partial charge in [-0.15, -0.1) is 0 Å². The van der Waals surface area contributed by atoms with Gasteiger partial charge < -0.3 is 10.2 Å². The van der Waals surface area contributed by atoms with Crippen LogP contribution in [0.3, 0.4) is 0 Å². The Bertz CT molecular complexity index is 243. The number of hydrogen-bond donors (Lipinski definition) is 2. The highest BCUT2D eigenvalue weighted by atomic mass is 16.3. The molecule has 1 spiro atoms. The van der Waals surface area contributed by atoms with Crippen LogP contribution in [-0.2, 0) is 4.79 Å². The molecule has 86 valence electrons. The predicted molar refractivity (Wildman–Crippen MR) is 56.3 cm³/mol. The van der Waals surface area contributed by atoms with Crippen molar-refractivity contribution in [2.24, 2.45) is 17.3 Å². The van der Waals surface area contributed by atoms with E-state index in [0.717, 1.165) is 32.1 Å². The summed E-state index contributed by atoms with van der Waals surface area (Å²) in [5.41, 5.74) is -0.214. The first-order valence-electron chi connectivity index (χ1n) is 6.00. The summed E-state index contributed by atoms with van der Waals surface area (Å²) in [5.74, 6) is 0.488. The summed E-state index contributed by atoms with van der Waals surface area (Å²) in [7, 11) is 0. The molecule has 3 nitrogen and oxygen atoms in total. The second-order valence-electron chi connectivity index (χ2n) is 5.05. The number of rotatable bonds is 3. The molecule has 0 saturated heterocycles. The van der Waals surface area contributed by atoms with Crippen LogP contribution >= 0.6 is 0 Å². The summed E-state index contributed by atoms with van der Waals surface area (Å²) in [6.07, 6.45) is 5.52. The third-order valence-electron chi connectivity index (χ3n) is 4.41. The Morgan fingerprint density at radius 3 is 2.47 bits per heavy atom. The van der Waals surface area contributed by atoms with Gasteiger partial charge in [0.15, 0.2) is 0 Å². The molecule has 0 heterocycles. The summed E-state index contributed by atoms with van der Waals surface area (Å²) in [4.78, 5) is 12.3. The van der Waals surface area contributed by atoms with E-state index in [2.05, 4.69) is 0 Å². The summed E-state index contributed by atoms with van der Waals surface area (Å²) in [6, 6.07) is 0. The van der Waals surface area contributed by atoms with E-state index in [9.17, 15) is 9.90 Å². The maximum Gasteiger partial charge on any atom is 0.142 e. The number of carbonyl (C=O) groups is 1. The van der Waals surface area contributed by atoms with Gasteiger partial charge in [0.2, 0.25) is 0 Å². The number of aliphatic hydroxyl groups excluding tert-OH is 2. The van der Waals surface area contributed by atoms with E-state index in [-0.39, 0.29) is 30.5 Å². The van der Waals surface area contributed by atoms with E-state index in [0.29, 0.717) is 12.2 Å². The minimum Gasteiger partial charge on any atom is -0.396 e. The van der Waals surface area contributed by atoms with Gasteiger partial charge in [-0.2, -0.15) is 0 Å². The fourth-order valence-corrected chi connectivity index (χ4v) is 3.60. The van der Waals surface area contributed by atoms with Crippen LogP contribution in [0.25, 0.3) is 0 Å². The topological polar surface area (TPSA) is 57.5 Å². The Labute approximate surface area is 90.5 Å². The lowest BCUT2D eigenvalue weighted by Crippen LogP contribution is -2.32. The highest BCUT2D eigenvalue weighted by molar-refractivity contribution is 5.89. The molecule has 2 fully saturated rings. The number of Topliss-reactive ketones (excluding diaryl/α,β-unsaturated/α-hetero) is 1. The monoisotopic (exact) mass is 212 g/mol. The smallest absolute Gasteiger partial charge is 0.142 e. The zero-order chi connectivity index (χ0) is 10.9. The quantitative estimate of drug-likeness (QED) is 0.737. The van der Waals surface area contributed by atoms with Crippen LogP contribution in [-0.4, -0.2) is 29.2 Å². The van der Waals surface area contributed by atoms with E-state index in [1.165, 1.54) is 0 Å². The first-order valence-corrected chi connectivity index (χ1v) is 6.00. The Morgan fingerprint density at radius 2 is 1.93 bits per heavy atom. The van der Waals surface area contributed by atoms with E-state index < -0.39 is 0 Å². The molecule has 2 N–H and O–H groups in total. The van der Waals surface area contributed by atoms with Crippen LogP contribution in [0.4, 0.5) is 0 Å². The van der Waals surface area contributed by atoms with Gasteiger partial charge in [0.05, 0.1) is 0 Å². The fourth-order valence-electron chi connectivity index (χ4n) is 3.60. The molecule has 0 aromatic rings. The van der Waals surface area contributed by atoms with Crippen LogP contribution in [0.1, 0.15) is 38.5 Å². The summed E-state index contributed by atoms with van der Waals surface area (Å²) >= 11 is 0. The lowest BCUT2D eigenvalue weighted by Gasteiger charge is -2.27. The average Bonchev–Trinajstić information content (AvgIpc) is 2.81. The molecule has 2 atom stereocenters. The van der Waals surface area contributed by atoms with Crippen LogP contribution in [0.5, 0.6) is 0 Å². The van der Waals surface area contributed by atoms with E-state index >= 15 is 0 Å². The lowest BCUT2D eigenvalue weighted by atomic mass is 9.75. The Kier molecular flexibility index (Phi) is 3.12. The standard InChI is InChI=1S/C12H20O3/c13-6-3-9-7-10(8-14)12(11(9)15)4-1-2-5-12/h9-10,13-14H,1-8H2. The van der Waals surface area contributed by atoms with Gasteiger partial charge in [0, 0.05) is 24.5 Å². The second-order valence-corrected chi connectivity index (χ2v) is 5.05. The number of aliphatic hydroxyl groups is 2. The SMILES string of the molecule is O=C1C(CCO)CC(CO)C12CCCC2. The molecule has 2 rings (SSSR count). The van der Waals surface area contributed by atoms with Gasteiger partial charge in [-0.25, -0.2) is 0 Å². The van der Waals surface area contributed by atoms with Crippen LogP contribution in [0.15, 0.2) is 0 Å². The van der Waals surface area contributed by atoms with Gasteiger partial charge in [0.25, 0.3) is 0 Å². The fraction of sp³-hybridized carbons (Fsp3) is 0.917. The van der Waals surface area contributed by atoms with Gasteiger partial charge in [-0.3, -0.25) is 4.79 Å². The highest BCUT2D eigenvalue weighted by Gasteiger charge is 2.54. The predicted octanol–water partition coefficient (Wildman–Crippen LogP) is 1.13. The Morgan fingerprint density at radius 1 is 1.27 bits per heavy atom. The van der Waals surface area contributed by atoms with Gasteiger partial charge in [-0.1, -0.05) is 12.8 Å². The first-order chi connectivity index (χ1) is 7.24.